The highest BCUT2D eigenvalue weighted by atomic mass is 16.6. The van der Waals surface area contributed by atoms with Crippen LogP contribution in [0.15, 0.2) is 60.7 Å². The summed E-state index contributed by atoms with van der Waals surface area (Å²) < 4.78 is 34.2. The van der Waals surface area contributed by atoms with Gasteiger partial charge in [-0.2, -0.15) is 0 Å². The van der Waals surface area contributed by atoms with Gasteiger partial charge in [-0.15, -0.1) is 0 Å². The van der Waals surface area contributed by atoms with Crippen LogP contribution in [0.1, 0.15) is 29.5 Å². The van der Waals surface area contributed by atoms with Gasteiger partial charge >= 0.3 is 11.9 Å². The topological polar surface area (TPSA) is 130 Å². The maximum Gasteiger partial charge on any atom is 0.313 e. The lowest BCUT2D eigenvalue weighted by Gasteiger charge is -2.41. The van der Waals surface area contributed by atoms with Crippen molar-refractivity contribution >= 4 is 11.9 Å². The van der Waals surface area contributed by atoms with Crippen LogP contribution >= 0.6 is 0 Å². The van der Waals surface area contributed by atoms with Crippen LogP contribution in [0.4, 0.5) is 0 Å². The lowest BCUT2D eigenvalue weighted by molar-refractivity contribution is -0.185. The van der Waals surface area contributed by atoms with Crippen LogP contribution < -0.4 is 18.9 Å². The van der Waals surface area contributed by atoms with Gasteiger partial charge in [0, 0.05) is 30.5 Å². The van der Waals surface area contributed by atoms with Crippen molar-refractivity contribution in [1.82, 2.24) is 0 Å². The second kappa shape index (κ2) is 9.95. The van der Waals surface area contributed by atoms with Crippen LogP contribution in [0.2, 0.25) is 0 Å². The van der Waals surface area contributed by atoms with Crippen molar-refractivity contribution < 1.29 is 48.2 Å². The first-order chi connectivity index (χ1) is 19.2. The van der Waals surface area contributed by atoms with Gasteiger partial charge in [0.05, 0.1) is 34.0 Å². The lowest BCUT2D eigenvalue weighted by atomic mass is 9.70. The number of hydrogen-bond acceptors (Lipinski definition) is 10. The summed E-state index contributed by atoms with van der Waals surface area (Å²) in [5.74, 6) is -2.94. The number of phenolic OH excluding ortho intramolecular Hbond substituents is 1. The van der Waals surface area contributed by atoms with Crippen molar-refractivity contribution in [2.45, 2.75) is 30.1 Å². The Hall–Kier alpha value is -4.44. The first-order valence-electron chi connectivity index (χ1n) is 12.5. The molecule has 10 heteroatoms. The second-order valence-corrected chi connectivity index (χ2v) is 9.66. The molecule has 210 valence electrons. The number of methoxy groups -OCH3 is 4. The fraction of sp³-hybridized carbons (Fsp3) is 0.333. The van der Waals surface area contributed by atoms with Crippen molar-refractivity contribution in [2.24, 2.45) is 5.92 Å². The molecule has 0 radical (unpaired) electrons. The molecule has 1 aliphatic heterocycles. The summed E-state index contributed by atoms with van der Waals surface area (Å²) in [5.41, 5.74) is -3.00. The molecule has 0 bridgehead atoms. The number of rotatable bonds is 7. The summed E-state index contributed by atoms with van der Waals surface area (Å²) >= 11 is 0. The van der Waals surface area contributed by atoms with E-state index in [4.69, 9.17) is 28.4 Å². The number of ether oxygens (including phenoxy) is 6. The summed E-state index contributed by atoms with van der Waals surface area (Å²) in [4.78, 5) is 26.1. The predicted molar refractivity (Wildman–Crippen MR) is 141 cm³/mol. The molecule has 3 aromatic rings. The van der Waals surface area contributed by atoms with Crippen LogP contribution in [-0.2, 0) is 30.3 Å². The molecule has 40 heavy (non-hydrogen) atoms. The number of carbonyl (C=O) groups excluding carboxylic acids is 2. The number of aliphatic hydroxyl groups is 1. The van der Waals surface area contributed by atoms with Crippen molar-refractivity contribution in [3.05, 3.63) is 77.4 Å². The Morgan fingerprint density at radius 2 is 1.60 bits per heavy atom. The molecule has 0 saturated heterocycles. The van der Waals surface area contributed by atoms with E-state index in [-0.39, 0.29) is 28.6 Å². The molecule has 0 amide bonds. The number of benzene rings is 3. The predicted octanol–water partition coefficient (Wildman–Crippen LogP) is 3.41. The first kappa shape index (κ1) is 27.1. The smallest absolute Gasteiger partial charge is 0.313 e. The highest BCUT2D eigenvalue weighted by molar-refractivity contribution is 5.79. The number of hydrogen-bond donors (Lipinski definition) is 2. The fourth-order valence-corrected chi connectivity index (χ4v) is 6.29. The van der Waals surface area contributed by atoms with E-state index in [0.29, 0.717) is 16.9 Å². The minimum Gasteiger partial charge on any atom is -0.504 e. The van der Waals surface area contributed by atoms with Crippen molar-refractivity contribution in [3.63, 3.8) is 0 Å². The van der Waals surface area contributed by atoms with E-state index in [1.54, 1.807) is 42.5 Å². The average Bonchev–Trinajstić information content (AvgIpc) is 3.34. The Morgan fingerprint density at radius 1 is 0.900 bits per heavy atom. The Labute approximate surface area is 231 Å². The van der Waals surface area contributed by atoms with Crippen LogP contribution in [0.3, 0.4) is 0 Å². The lowest BCUT2D eigenvalue weighted by Crippen LogP contribution is -2.53. The minimum absolute atomic E-state index is 0.157. The van der Waals surface area contributed by atoms with E-state index in [1.807, 2.05) is 6.07 Å². The SMILES string of the molecule is COC(=O)C1C(OC(C)=O)[C@@]2(O)c3c(OC)cc(OC)cc3O[C@@]2(c2ccc(OC)c(O)c2)[C@@H]1c1ccccc1. The molecular weight excluding hydrogens is 520 g/mol. The molecule has 0 spiro atoms. The van der Waals surface area contributed by atoms with Crippen LogP contribution in [0.25, 0.3) is 0 Å². The highest BCUT2D eigenvalue weighted by Crippen LogP contribution is 2.71. The molecule has 0 aromatic heterocycles. The summed E-state index contributed by atoms with van der Waals surface area (Å²) in [6.45, 7) is 1.19. The zero-order valence-electron chi connectivity index (χ0n) is 22.7. The van der Waals surface area contributed by atoms with E-state index in [9.17, 15) is 19.8 Å². The molecule has 2 unspecified atom stereocenters. The van der Waals surface area contributed by atoms with Gasteiger partial charge in [-0.3, -0.25) is 9.59 Å². The summed E-state index contributed by atoms with van der Waals surface area (Å²) in [7, 11) is 5.53. The molecule has 10 nitrogen and oxygen atoms in total. The number of phenols is 1. The van der Waals surface area contributed by atoms with Crippen molar-refractivity contribution in [3.8, 4) is 28.7 Å². The maximum atomic E-state index is 13.6. The third-order valence-corrected chi connectivity index (χ3v) is 7.78. The Morgan fingerprint density at radius 3 is 2.17 bits per heavy atom. The zero-order chi connectivity index (χ0) is 28.8. The molecule has 1 aliphatic carbocycles. The molecular formula is C30H30O10. The molecule has 1 fully saturated rings. The van der Waals surface area contributed by atoms with E-state index < -0.39 is 41.1 Å². The van der Waals surface area contributed by atoms with Crippen LogP contribution in [0.5, 0.6) is 28.7 Å². The third-order valence-electron chi connectivity index (χ3n) is 7.78. The van der Waals surface area contributed by atoms with Gasteiger partial charge in [-0.1, -0.05) is 36.4 Å². The fourth-order valence-electron chi connectivity index (χ4n) is 6.29. The molecule has 5 atom stereocenters. The summed E-state index contributed by atoms with van der Waals surface area (Å²) in [5, 5.41) is 23.9. The van der Waals surface area contributed by atoms with Gasteiger partial charge in [0.2, 0.25) is 0 Å². The van der Waals surface area contributed by atoms with E-state index >= 15 is 0 Å². The quantitative estimate of drug-likeness (QED) is 0.422. The first-order valence-corrected chi connectivity index (χ1v) is 12.5. The number of fused-ring (bicyclic) bond motifs is 3. The van der Waals surface area contributed by atoms with Crippen molar-refractivity contribution in [1.29, 1.82) is 0 Å². The van der Waals surface area contributed by atoms with Gasteiger partial charge in [0.15, 0.2) is 28.8 Å². The highest BCUT2D eigenvalue weighted by Gasteiger charge is 2.80. The van der Waals surface area contributed by atoms with Crippen LogP contribution in [-0.4, -0.2) is 56.7 Å². The van der Waals surface area contributed by atoms with Gasteiger partial charge in [0.1, 0.15) is 23.2 Å². The number of carbonyl (C=O) groups is 2. The molecule has 2 N–H and O–H groups in total. The Balaban J connectivity index is 1.95. The van der Waals surface area contributed by atoms with Crippen LogP contribution in [0, 0.1) is 5.92 Å². The van der Waals surface area contributed by atoms with Gasteiger partial charge in [-0.25, -0.2) is 0 Å². The summed E-state index contributed by atoms with van der Waals surface area (Å²) in [6.07, 6.45) is -1.49. The Kier molecular flexibility index (Phi) is 6.75. The Bertz CT molecular complexity index is 1450. The van der Waals surface area contributed by atoms with E-state index in [1.165, 1.54) is 47.5 Å². The number of aromatic hydroxyl groups is 1. The van der Waals surface area contributed by atoms with Gasteiger partial charge < -0.3 is 38.6 Å². The second-order valence-electron chi connectivity index (χ2n) is 9.66. The maximum absolute atomic E-state index is 13.6. The minimum atomic E-state index is -2.22. The molecule has 3 aromatic carbocycles. The average molecular weight is 551 g/mol. The van der Waals surface area contributed by atoms with Crippen molar-refractivity contribution in [2.75, 3.05) is 28.4 Å². The van der Waals surface area contributed by atoms with Gasteiger partial charge in [0.25, 0.3) is 0 Å². The zero-order valence-corrected chi connectivity index (χ0v) is 22.7. The normalized spacial score (nSPS) is 26.2. The molecule has 1 saturated carbocycles. The summed E-state index contributed by atoms with van der Waals surface area (Å²) in [6, 6.07) is 16.6. The van der Waals surface area contributed by atoms with E-state index in [2.05, 4.69) is 0 Å². The molecule has 2 aliphatic rings. The molecule has 5 rings (SSSR count). The number of esters is 2. The monoisotopic (exact) mass is 550 g/mol. The molecule has 1 heterocycles. The van der Waals surface area contributed by atoms with E-state index in [0.717, 1.165) is 0 Å². The third kappa shape index (κ3) is 3.66. The standard InChI is InChI=1S/C30H30O10/c1-16(31)39-27-24(28(33)38-5)25(17-9-7-6-8-10-17)30(18-11-12-21(36-3)20(32)13-18)29(27,34)26-22(37-4)14-19(35-2)15-23(26)40-30/h6-15,24-25,27,32,34H,1-5H3/t24?,25-,27?,29+,30+/m1/s1. The largest absolute Gasteiger partial charge is 0.504 e. The van der Waals surface area contributed by atoms with Gasteiger partial charge in [-0.05, 0) is 17.7 Å².